The van der Waals surface area contributed by atoms with Crippen molar-refractivity contribution >= 4 is 70.7 Å². The van der Waals surface area contributed by atoms with Crippen molar-refractivity contribution in [3.63, 3.8) is 0 Å². The summed E-state index contributed by atoms with van der Waals surface area (Å²) in [6.45, 7) is 0. The van der Waals surface area contributed by atoms with Gasteiger partial charge in [0.25, 0.3) is 0 Å². The van der Waals surface area contributed by atoms with Crippen LogP contribution in [0.3, 0.4) is 0 Å². The first-order chi connectivity index (χ1) is 28.7. The Labute approximate surface area is 341 Å². The number of nitrogens with zero attached hydrogens (tertiary/aromatic N) is 2. The Hall–Kier alpha value is -7.07. The third-order valence-corrected chi connectivity index (χ3v) is 13.3. The molecule has 12 rings (SSSR count). The molecule has 0 atom stereocenters. The van der Waals surface area contributed by atoms with Crippen LogP contribution in [0.2, 0.25) is 0 Å². The normalized spacial score (nSPS) is 12.8. The zero-order valence-corrected chi connectivity index (χ0v) is 32.5. The Kier molecular flexibility index (Phi) is 7.57. The molecule has 9 aromatic carbocycles. The van der Waals surface area contributed by atoms with Crippen molar-refractivity contribution in [2.45, 2.75) is 12.8 Å². The minimum atomic E-state index is 0.830. The second-order valence-corrected chi connectivity index (χ2v) is 16.5. The lowest BCUT2D eigenvalue weighted by Gasteiger charge is -2.26. The molecule has 2 aliphatic rings. The molecule has 0 amide bonds. The van der Waals surface area contributed by atoms with Crippen LogP contribution in [0.5, 0.6) is 0 Å². The molecule has 0 unspecified atom stereocenters. The number of thiophene rings is 1. The highest BCUT2D eigenvalue weighted by atomic mass is 32.1. The maximum Gasteiger partial charge on any atom is 0.0669 e. The van der Waals surface area contributed by atoms with Crippen molar-refractivity contribution in [3.05, 3.63) is 216 Å². The molecule has 2 nitrogen and oxygen atoms in total. The number of para-hydroxylation sites is 1. The van der Waals surface area contributed by atoms with Crippen LogP contribution in [0.15, 0.2) is 199 Å². The molecule has 272 valence electrons. The van der Waals surface area contributed by atoms with E-state index in [1.165, 1.54) is 92.3 Å². The first-order valence-electron chi connectivity index (χ1n) is 20.0. The van der Waals surface area contributed by atoms with Crippen LogP contribution in [-0.4, -0.2) is 5.71 Å². The standard InChI is InChI=1S/C55H36N2S/c1-3-12-37(13-4-1)53-32-41-30-39(22-28-52(41)56-53)49-33-51-48-26-21-35-11-7-10-18-47(35)55(48)58-54(51)34-50(49)36-19-23-43(24-20-36)57(42-15-5-2-6-16-42)44-25-27-46-40(31-44)29-38-14-8-9-17-45(38)46/h1-28,30-31,33-34H,29,32H2. The monoisotopic (exact) mass is 756 g/mol. The van der Waals surface area contributed by atoms with Gasteiger partial charge >= 0.3 is 0 Å². The van der Waals surface area contributed by atoms with E-state index in [1.807, 2.05) is 11.3 Å². The first kappa shape index (κ1) is 33.1. The Morgan fingerprint density at radius 2 is 1.10 bits per heavy atom. The van der Waals surface area contributed by atoms with E-state index in [4.69, 9.17) is 4.99 Å². The van der Waals surface area contributed by atoms with Gasteiger partial charge in [-0.2, -0.15) is 0 Å². The molecule has 1 aromatic heterocycles. The number of hydrogen-bond acceptors (Lipinski definition) is 3. The van der Waals surface area contributed by atoms with Crippen LogP contribution >= 0.6 is 11.3 Å². The molecular formula is C55H36N2S. The van der Waals surface area contributed by atoms with E-state index in [1.54, 1.807) is 0 Å². The molecule has 0 fully saturated rings. The molecule has 2 heterocycles. The smallest absolute Gasteiger partial charge is 0.0669 e. The molecule has 58 heavy (non-hydrogen) atoms. The van der Waals surface area contributed by atoms with Crippen molar-refractivity contribution in [2.75, 3.05) is 4.90 Å². The van der Waals surface area contributed by atoms with Crippen LogP contribution in [-0.2, 0) is 12.8 Å². The molecule has 1 aliphatic heterocycles. The number of rotatable bonds is 6. The fourth-order valence-electron chi connectivity index (χ4n) is 9.28. The van der Waals surface area contributed by atoms with E-state index < -0.39 is 0 Å². The minimum absolute atomic E-state index is 0.830. The molecule has 3 heteroatoms. The lowest BCUT2D eigenvalue weighted by atomic mass is 9.91. The van der Waals surface area contributed by atoms with Gasteiger partial charge in [-0.1, -0.05) is 133 Å². The third-order valence-electron chi connectivity index (χ3n) is 12.1. The van der Waals surface area contributed by atoms with E-state index in [9.17, 15) is 0 Å². The van der Waals surface area contributed by atoms with Crippen molar-refractivity contribution < 1.29 is 0 Å². The summed E-state index contributed by atoms with van der Waals surface area (Å²) in [4.78, 5) is 7.46. The Balaban J connectivity index is 0.986. The molecule has 0 spiro atoms. The summed E-state index contributed by atoms with van der Waals surface area (Å²) >= 11 is 1.90. The SMILES string of the molecule is c1ccc(C2=Nc3ccc(-c4cc5c(cc4-c4ccc(N(c6ccccc6)c6ccc7c(c6)Cc6ccccc6-7)cc4)sc4c6ccccc6ccc54)cc3C2)cc1. The predicted octanol–water partition coefficient (Wildman–Crippen LogP) is 15.3. The first-order valence-corrected chi connectivity index (χ1v) is 20.8. The van der Waals surface area contributed by atoms with Crippen LogP contribution in [0.4, 0.5) is 22.7 Å². The summed E-state index contributed by atoms with van der Waals surface area (Å²) in [7, 11) is 0. The van der Waals surface area contributed by atoms with E-state index in [0.29, 0.717) is 0 Å². The Morgan fingerprint density at radius 3 is 1.98 bits per heavy atom. The van der Waals surface area contributed by atoms with Gasteiger partial charge in [-0.3, -0.25) is 4.99 Å². The maximum absolute atomic E-state index is 5.07. The van der Waals surface area contributed by atoms with Gasteiger partial charge in [0.05, 0.1) is 11.4 Å². The van der Waals surface area contributed by atoms with E-state index in [0.717, 1.165) is 35.6 Å². The largest absolute Gasteiger partial charge is 0.310 e. The molecule has 0 radical (unpaired) electrons. The summed E-state index contributed by atoms with van der Waals surface area (Å²) in [6, 6.07) is 71.4. The van der Waals surface area contributed by atoms with Gasteiger partial charge in [0.2, 0.25) is 0 Å². The summed E-state index contributed by atoms with van der Waals surface area (Å²) in [5, 5.41) is 5.21. The highest BCUT2D eigenvalue weighted by Gasteiger charge is 2.23. The number of hydrogen-bond donors (Lipinski definition) is 0. The van der Waals surface area contributed by atoms with Gasteiger partial charge in [-0.05, 0) is 133 Å². The fraction of sp³-hybridized carbons (Fsp3) is 0.0364. The second-order valence-electron chi connectivity index (χ2n) is 15.5. The van der Waals surface area contributed by atoms with Crippen molar-refractivity contribution in [3.8, 4) is 33.4 Å². The lowest BCUT2D eigenvalue weighted by molar-refractivity contribution is 1.23. The fourth-order valence-corrected chi connectivity index (χ4v) is 10.5. The van der Waals surface area contributed by atoms with Gasteiger partial charge in [0, 0.05) is 43.7 Å². The highest BCUT2D eigenvalue weighted by molar-refractivity contribution is 7.26. The predicted molar refractivity (Wildman–Crippen MR) is 247 cm³/mol. The Morgan fingerprint density at radius 1 is 0.397 bits per heavy atom. The molecular weight excluding hydrogens is 721 g/mol. The highest BCUT2D eigenvalue weighted by Crippen LogP contribution is 2.46. The topological polar surface area (TPSA) is 15.6 Å². The summed E-state index contributed by atoms with van der Waals surface area (Å²) < 4.78 is 2.65. The van der Waals surface area contributed by atoms with E-state index in [2.05, 4.69) is 199 Å². The molecule has 0 bridgehead atoms. The lowest BCUT2D eigenvalue weighted by Crippen LogP contribution is -2.10. The molecule has 0 N–H and O–H groups in total. The average Bonchev–Trinajstić information content (AvgIpc) is 4.00. The quantitative estimate of drug-likeness (QED) is 0.165. The molecule has 0 saturated carbocycles. The third kappa shape index (κ3) is 5.43. The van der Waals surface area contributed by atoms with Gasteiger partial charge < -0.3 is 4.90 Å². The van der Waals surface area contributed by atoms with Crippen molar-refractivity contribution in [1.29, 1.82) is 0 Å². The number of anilines is 3. The van der Waals surface area contributed by atoms with Crippen LogP contribution in [0.25, 0.3) is 64.3 Å². The van der Waals surface area contributed by atoms with Crippen molar-refractivity contribution in [2.24, 2.45) is 4.99 Å². The van der Waals surface area contributed by atoms with Crippen molar-refractivity contribution in [1.82, 2.24) is 0 Å². The summed E-state index contributed by atoms with van der Waals surface area (Å²) in [6.07, 6.45) is 1.79. The zero-order valence-electron chi connectivity index (χ0n) is 31.7. The van der Waals surface area contributed by atoms with E-state index >= 15 is 0 Å². The number of fused-ring (bicyclic) bond motifs is 9. The summed E-state index contributed by atoms with van der Waals surface area (Å²) in [5.74, 6) is 0. The number of benzene rings is 9. The Bertz CT molecular complexity index is 3270. The van der Waals surface area contributed by atoms with Gasteiger partial charge in [0.15, 0.2) is 0 Å². The van der Waals surface area contributed by atoms with Gasteiger partial charge in [-0.15, -0.1) is 11.3 Å². The van der Waals surface area contributed by atoms with Crippen LogP contribution in [0.1, 0.15) is 22.3 Å². The van der Waals surface area contributed by atoms with E-state index in [-0.39, 0.29) is 0 Å². The van der Waals surface area contributed by atoms with Crippen LogP contribution < -0.4 is 4.90 Å². The van der Waals surface area contributed by atoms with Gasteiger partial charge in [0.1, 0.15) is 0 Å². The summed E-state index contributed by atoms with van der Waals surface area (Å²) in [5.41, 5.74) is 18.5. The molecule has 1 aliphatic carbocycles. The zero-order chi connectivity index (χ0) is 38.2. The maximum atomic E-state index is 5.07. The average molecular weight is 757 g/mol. The minimum Gasteiger partial charge on any atom is -0.310 e. The van der Waals surface area contributed by atoms with Crippen LogP contribution in [0, 0.1) is 0 Å². The number of aliphatic imine (C=N–C) groups is 1. The van der Waals surface area contributed by atoms with Gasteiger partial charge in [-0.25, -0.2) is 0 Å². The molecule has 10 aromatic rings. The second kappa shape index (κ2) is 13.3. The molecule has 0 saturated heterocycles.